The Bertz CT molecular complexity index is 354. The first kappa shape index (κ1) is 10.7. The lowest BCUT2D eigenvalue weighted by Crippen LogP contribution is -2.29. The largest absolute Gasteiger partial charge is 0.307 e. The second-order valence-corrected chi connectivity index (χ2v) is 4.27. The van der Waals surface area contributed by atoms with Crippen LogP contribution in [0, 0.1) is 0 Å². The normalized spacial score (nSPS) is 18.3. The molecular formula is C12H15ClN2. The van der Waals surface area contributed by atoms with Crippen LogP contribution in [0.3, 0.4) is 0 Å². The van der Waals surface area contributed by atoms with Gasteiger partial charge in [0, 0.05) is 23.8 Å². The average molecular weight is 223 g/mol. The molecule has 0 bridgehead atoms. The van der Waals surface area contributed by atoms with Crippen LogP contribution in [0.25, 0.3) is 0 Å². The molecule has 1 aliphatic rings. The van der Waals surface area contributed by atoms with Gasteiger partial charge in [-0.1, -0.05) is 29.8 Å². The fraction of sp³-hybridized carbons (Fsp3) is 0.417. The molecule has 0 fully saturated rings. The van der Waals surface area contributed by atoms with Gasteiger partial charge in [-0.3, -0.25) is 0 Å². The van der Waals surface area contributed by atoms with Gasteiger partial charge in [-0.05, 0) is 25.8 Å². The van der Waals surface area contributed by atoms with Crippen molar-refractivity contribution in [3.63, 3.8) is 0 Å². The number of halogens is 1. The minimum atomic E-state index is 0.260. The highest BCUT2D eigenvalue weighted by Gasteiger charge is 2.15. The summed E-state index contributed by atoms with van der Waals surface area (Å²) in [7, 11) is 0. The lowest BCUT2D eigenvalue weighted by atomic mass is 10.1. The topological polar surface area (TPSA) is 24.9 Å². The predicted molar refractivity (Wildman–Crippen MR) is 63.0 cm³/mol. The van der Waals surface area contributed by atoms with E-state index in [2.05, 4.69) is 29.4 Å². The number of aromatic nitrogens is 1. The van der Waals surface area contributed by atoms with Crippen LogP contribution in [-0.4, -0.2) is 11.0 Å². The van der Waals surface area contributed by atoms with Crippen LogP contribution in [0.15, 0.2) is 30.5 Å². The van der Waals surface area contributed by atoms with E-state index in [1.165, 1.54) is 0 Å². The molecule has 1 atom stereocenters. The van der Waals surface area contributed by atoms with Crippen LogP contribution >= 0.6 is 11.6 Å². The maximum atomic E-state index is 6.04. The van der Waals surface area contributed by atoms with Crippen molar-refractivity contribution in [3.05, 3.63) is 41.2 Å². The molecule has 1 heterocycles. The van der Waals surface area contributed by atoms with Crippen molar-refractivity contribution in [1.29, 1.82) is 0 Å². The fourth-order valence-corrected chi connectivity index (χ4v) is 2.20. The molecule has 2 nitrogen and oxygen atoms in total. The zero-order chi connectivity index (χ0) is 10.7. The van der Waals surface area contributed by atoms with E-state index in [-0.39, 0.29) is 6.04 Å². The van der Waals surface area contributed by atoms with Crippen molar-refractivity contribution in [1.82, 2.24) is 10.3 Å². The van der Waals surface area contributed by atoms with E-state index < -0.39 is 0 Å². The molecule has 80 valence electrons. The summed E-state index contributed by atoms with van der Waals surface area (Å²) in [5.41, 5.74) is 1.08. The Labute approximate surface area is 95.4 Å². The van der Waals surface area contributed by atoms with Gasteiger partial charge in [0.25, 0.3) is 0 Å². The first-order valence-corrected chi connectivity index (χ1v) is 5.66. The van der Waals surface area contributed by atoms with Crippen LogP contribution in [0.2, 0.25) is 5.15 Å². The van der Waals surface area contributed by atoms with E-state index in [0.717, 1.165) is 18.4 Å². The van der Waals surface area contributed by atoms with Crippen molar-refractivity contribution in [2.24, 2.45) is 0 Å². The van der Waals surface area contributed by atoms with Gasteiger partial charge in [0.2, 0.25) is 0 Å². The SMILES string of the molecule is CC(NC1CC=CC1)c1cccnc1Cl. The molecule has 0 aliphatic heterocycles. The van der Waals surface area contributed by atoms with E-state index in [1.807, 2.05) is 12.1 Å². The zero-order valence-electron chi connectivity index (χ0n) is 8.78. The van der Waals surface area contributed by atoms with Gasteiger partial charge in [-0.15, -0.1) is 0 Å². The Kier molecular flexibility index (Phi) is 3.39. The highest BCUT2D eigenvalue weighted by atomic mass is 35.5. The van der Waals surface area contributed by atoms with Crippen LogP contribution in [-0.2, 0) is 0 Å². The summed E-state index contributed by atoms with van der Waals surface area (Å²) in [4.78, 5) is 4.08. The third kappa shape index (κ3) is 2.58. The Morgan fingerprint density at radius 3 is 2.87 bits per heavy atom. The van der Waals surface area contributed by atoms with Gasteiger partial charge in [0.15, 0.2) is 0 Å². The summed E-state index contributed by atoms with van der Waals surface area (Å²) in [6, 6.07) is 4.76. The maximum absolute atomic E-state index is 6.04. The molecule has 0 aromatic carbocycles. The number of hydrogen-bond donors (Lipinski definition) is 1. The standard InChI is InChI=1S/C12H15ClN2/c1-9(15-10-5-2-3-6-10)11-7-4-8-14-12(11)13/h2-4,7-10,15H,5-6H2,1H3. The molecule has 0 amide bonds. The fourth-order valence-electron chi connectivity index (χ4n) is 1.92. The van der Waals surface area contributed by atoms with E-state index in [9.17, 15) is 0 Å². The third-order valence-electron chi connectivity index (χ3n) is 2.75. The quantitative estimate of drug-likeness (QED) is 0.628. The third-order valence-corrected chi connectivity index (χ3v) is 3.06. The van der Waals surface area contributed by atoms with Crippen molar-refractivity contribution >= 4 is 11.6 Å². The van der Waals surface area contributed by atoms with Crippen LogP contribution < -0.4 is 5.32 Å². The second-order valence-electron chi connectivity index (χ2n) is 3.91. The molecule has 1 unspecified atom stereocenters. The number of nitrogens with one attached hydrogen (secondary N) is 1. The van der Waals surface area contributed by atoms with Gasteiger partial charge in [0.1, 0.15) is 5.15 Å². The molecular weight excluding hydrogens is 208 g/mol. The molecule has 1 N–H and O–H groups in total. The predicted octanol–water partition coefficient (Wildman–Crippen LogP) is 3.10. The summed E-state index contributed by atoms with van der Waals surface area (Å²) >= 11 is 6.04. The minimum Gasteiger partial charge on any atom is -0.307 e. The highest BCUT2D eigenvalue weighted by Crippen LogP contribution is 2.22. The molecule has 0 radical (unpaired) electrons. The summed E-state index contributed by atoms with van der Waals surface area (Å²) < 4.78 is 0. The molecule has 2 rings (SSSR count). The number of hydrogen-bond acceptors (Lipinski definition) is 2. The van der Waals surface area contributed by atoms with E-state index in [1.54, 1.807) is 6.20 Å². The lowest BCUT2D eigenvalue weighted by Gasteiger charge is -2.19. The Morgan fingerprint density at radius 1 is 1.47 bits per heavy atom. The summed E-state index contributed by atoms with van der Waals surface area (Å²) in [6.07, 6.45) is 8.38. The molecule has 1 aromatic heterocycles. The van der Waals surface area contributed by atoms with Crippen LogP contribution in [0.5, 0.6) is 0 Å². The molecule has 3 heteroatoms. The van der Waals surface area contributed by atoms with Gasteiger partial charge < -0.3 is 5.32 Å². The second kappa shape index (κ2) is 4.77. The van der Waals surface area contributed by atoms with E-state index in [0.29, 0.717) is 11.2 Å². The van der Waals surface area contributed by atoms with Crippen molar-refractivity contribution in [2.45, 2.75) is 31.8 Å². The molecule has 0 saturated heterocycles. The smallest absolute Gasteiger partial charge is 0.133 e. The summed E-state index contributed by atoms with van der Waals surface area (Å²) in [5, 5.41) is 4.15. The Balaban J connectivity index is 2.01. The zero-order valence-corrected chi connectivity index (χ0v) is 9.54. The molecule has 1 aliphatic carbocycles. The van der Waals surface area contributed by atoms with Gasteiger partial charge in [-0.25, -0.2) is 4.98 Å². The first-order valence-electron chi connectivity index (χ1n) is 5.29. The van der Waals surface area contributed by atoms with Gasteiger partial charge in [-0.2, -0.15) is 0 Å². The molecule has 15 heavy (non-hydrogen) atoms. The van der Waals surface area contributed by atoms with Crippen LogP contribution in [0.4, 0.5) is 0 Å². The summed E-state index contributed by atoms with van der Waals surface area (Å²) in [6.45, 7) is 2.13. The molecule has 0 spiro atoms. The van der Waals surface area contributed by atoms with E-state index >= 15 is 0 Å². The molecule has 1 aromatic rings. The minimum absolute atomic E-state index is 0.260. The summed E-state index contributed by atoms with van der Waals surface area (Å²) in [5.74, 6) is 0. The number of nitrogens with zero attached hydrogens (tertiary/aromatic N) is 1. The van der Waals surface area contributed by atoms with Crippen molar-refractivity contribution in [3.8, 4) is 0 Å². The van der Waals surface area contributed by atoms with E-state index in [4.69, 9.17) is 11.6 Å². The first-order chi connectivity index (χ1) is 7.27. The number of pyridine rings is 1. The van der Waals surface area contributed by atoms with Gasteiger partial charge >= 0.3 is 0 Å². The van der Waals surface area contributed by atoms with Crippen molar-refractivity contribution in [2.75, 3.05) is 0 Å². The monoisotopic (exact) mass is 222 g/mol. The van der Waals surface area contributed by atoms with Gasteiger partial charge in [0.05, 0.1) is 0 Å². The van der Waals surface area contributed by atoms with Crippen molar-refractivity contribution < 1.29 is 0 Å². The lowest BCUT2D eigenvalue weighted by molar-refractivity contribution is 0.471. The molecule has 0 saturated carbocycles. The Morgan fingerprint density at radius 2 is 2.20 bits per heavy atom. The highest BCUT2D eigenvalue weighted by molar-refractivity contribution is 6.30. The average Bonchev–Trinajstić information content (AvgIpc) is 2.71. The number of rotatable bonds is 3. The Hall–Kier alpha value is -0.860. The van der Waals surface area contributed by atoms with Crippen LogP contribution in [0.1, 0.15) is 31.4 Å². The maximum Gasteiger partial charge on any atom is 0.133 e.